The molecule has 1 unspecified atom stereocenters. The van der Waals surface area contributed by atoms with E-state index in [0.29, 0.717) is 24.8 Å². The molecule has 1 saturated carbocycles. The van der Waals surface area contributed by atoms with Crippen molar-refractivity contribution in [3.63, 3.8) is 0 Å². The van der Waals surface area contributed by atoms with Gasteiger partial charge < -0.3 is 10.4 Å². The van der Waals surface area contributed by atoms with Gasteiger partial charge in [-0.15, -0.1) is 0 Å². The number of allylic oxidation sites excluding steroid dienone is 5. The van der Waals surface area contributed by atoms with Gasteiger partial charge in [-0.05, 0) is 56.6 Å². The summed E-state index contributed by atoms with van der Waals surface area (Å²) in [6, 6.07) is 0.363. The van der Waals surface area contributed by atoms with Gasteiger partial charge in [0, 0.05) is 11.3 Å². The highest BCUT2D eigenvalue weighted by Gasteiger charge is 2.49. The van der Waals surface area contributed by atoms with Crippen LogP contribution in [0.2, 0.25) is 0 Å². The standard InChI is InChI=1S/C30H47N3O/c1-8-13-14-18-24(12-5)31-28-26(17-11-4)27(19-22(6)7)32-29(33-28)30(20-25(34)21-30)23(15-9-2)16-10-3/h9,11,15-17,19,22,24-25,34H,4,8,10,12-14,18,20-21H2,1-3,5-7H3,(H,31,32,33)/b15-9-,23-16+,26-17+,27-19+. The second-order valence-electron chi connectivity index (χ2n) is 9.96. The van der Waals surface area contributed by atoms with Crippen molar-refractivity contribution in [1.29, 1.82) is 0 Å². The maximum atomic E-state index is 10.4. The Morgan fingerprint density at radius 2 is 1.94 bits per heavy atom. The second-order valence-corrected chi connectivity index (χ2v) is 9.96. The van der Waals surface area contributed by atoms with E-state index < -0.39 is 0 Å². The molecule has 0 spiro atoms. The Morgan fingerprint density at radius 3 is 2.47 bits per heavy atom. The summed E-state index contributed by atoms with van der Waals surface area (Å²) < 4.78 is 0. The van der Waals surface area contributed by atoms with Crippen LogP contribution in [0.4, 0.5) is 5.82 Å². The highest BCUT2D eigenvalue weighted by atomic mass is 16.3. The first-order valence-corrected chi connectivity index (χ1v) is 13.4. The van der Waals surface area contributed by atoms with Crippen molar-refractivity contribution in [2.75, 3.05) is 5.32 Å². The molecular weight excluding hydrogens is 418 g/mol. The zero-order valence-electron chi connectivity index (χ0n) is 22.4. The number of unbranched alkanes of at least 4 members (excludes halogenated alkanes) is 2. The molecule has 2 rings (SSSR count). The zero-order valence-corrected chi connectivity index (χ0v) is 22.4. The van der Waals surface area contributed by atoms with E-state index in [1.165, 1.54) is 24.8 Å². The lowest BCUT2D eigenvalue weighted by molar-refractivity contribution is 0.0331. The van der Waals surface area contributed by atoms with E-state index in [2.05, 4.69) is 70.8 Å². The summed E-state index contributed by atoms with van der Waals surface area (Å²) in [6.45, 7) is 17.0. The number of hydrogen-bond donors (Lipinski definition) is 2. The third-order valence-corrected chi connectivity index (χ3v) is 6.66. The number of nitrogens with one attached hydrogen (secondary N) is 1. The highest BCUT2D eigenvalue weighted by molar-refractivity contribution is 5.51. The van der Waals surface area contributed by atoms with Crippen molar-refractivity contribution >= 4 is 18.0 Å². The number of anilines is 1. The van der Waals surface area contributed by atoms with Crippen LogP contribution in [0.1, 0.15) is 98.7 Å². The van der Waals surface area contributed by atoms with Crippen LogP contribution in [0, 0.1) is 5.92 Å². The maximum Gasteiger partial charge on any atom is 0.142 e. The normalized spacial score (nSPS) is 22.9. The highest BCUT2D eigenvalue weighted by Crippen LogP contribution is 2.48. The van der Waals surface area contributed by atoms with Gasteiger partial charge in [0.15, 0.2) is 0 Å². The molecule has 1 fully saturated rings. The summed E-state index contributed by atoms with van der Waals surface area (Å²) in [6.07, 6.45) is 20.4. The van der Waals surface area contributed by atoms with Gasteiger partial charge in [-0.25, -0.2) is 9.97 Å². The van der Waals surface area contributed by atoms with Crippen LogP contribution in [0.25, 0.3) is 12.2 Å². The van der Waals surface area contributed by atoms with Gasteiger partial charge >= 0.3 is 0 Å². The summed E-state index contributed by atoms with van der Waals surface area (Å²) in [7, 11) is 0. The van der Waals surface area contributed by atoms with Gasteiger partial charge in [0.2, 0.25) is 0 Å². The Kier molecular flexibility index (Phi) is 11.2. The first kappa shape index (κ1) is 28.0. The molecule has 1 aliphatic rings. The monoisotopic (exact) mass is 465 g/mol. The largest absolute Gasteiger partial charge is 0.393 e. The van der Waals surface area contributed by atoms with Crippen molar-refractivity contribution in [3.8, 4) is 0 Å². The van der Waals surface area contributed by atoms with E-state index in [0.717, 1.165) is 41.5 Å². The fraction of sp³-hybridized carbons (Fsp3) is 0.600. The van der Waals surface area contributed by atoms with Crippen molar-refractivity contribution in [3.05, 3.63) is 52.8 Å². The molecule has 1 aromatic heterocycles. The van der Waals surface area contributed by atoms with E-state index in [-0.39, 0.29) is 11.5 Å². The second kappa shape index (κ2) is 13.6. The Hall–Kier alpha value is -2.20. The van der Waals surface area contributed by atoms with Gasteiger partial charge in [-0.1, -0.05) is 90.8 Å². The van der Waals surface area contributed by atoms with Crippen LogP contribution in [0.3, 0.4) is 0 Å². The van der Waals surface area contributed by atoms with Crippen molar-refractivity contribution in [1.82, 2.24) is 9.97 Å². The number of aliphatic hydroxyl groups excluding tert-OH is 1. The number of nitrogens with zero attached hydrogens (tertiary/aromatic N) is 2. The van der Waals surface area contributed by atoms with Crippen molar-refractivity contribution in [2.24, 2.45) is 5.92 Å². The molecule has 188 valence electrons. The van der Waals surface area contributed by atoms with E-state index in [4.69, 9.17) is 9.97 Å². The molecule has 0 bridgehead atoms. The number of aliphatic hydroxyl groups is 1. The van der Waals surface area contributed by atoms with Crippen molar-refractivity contribution < 1.29 is 5.11 Å². The Morgan fingerprint density at radius 1 is 1.21 bits per heavy atom. The van der Waals surface area contributed by atoms with Gasteiger partial charge in [0.1, 0.15) is 11.6 Å². The maximum absolute atomic E-state index is 10.4. The Bertz CT molecular complexity index is 967. The third kappa shape index (κ3) is 6.91. The summed E-state index contributed by atoms with van der Waals surface area (Å²) in [5.74, 6) is 2.05. The molecule has 4 heteroatoms. The lowest BCUT2D eigenvalue weighted by Crippen LogP contribution is -2.49. The molecule has 0 saturated heterocycles. The third-order valence-electron chi connectivity index (χ3n) is 6.66. The van der Waals surface area contributed by atoms with Gasteiger partial charge in [-0.2, -0.15) is 0 Å². The van der Waals surface area contributed by atoms with Crippen LogP contribution in [-0.2, 0) is 5.41 Å². The average molecular weight is 466 g/mol. The van der Waals surface area contributed by atoms with E-state index in [9.17, 15) is 5.11 Å². The molecule has 0 amide bonds. The van der Waals surface area contributed by atoms with Crippen LogP contribution < -0.4 is 15.9 Å². The zero-order chi connectivity index (χ0) is 25.1. The minimum absolute atomic E-state index is 0.320. The Labute approximate surface area is 207 Å². The molecule has 1 aromatic rings. The lowest BCUT2D eigenvalue weighted by atomic mass is 9.61. The lowest BCUT2D eigenvalue weighted by Gasteiger charge is -2.45. The van der Waals surface area contributed by atoms with E-state index in [1.54, 1.807) is 0 Å². The van der Waals surface area contributed by atoms with Crippen LogP contribution >= 0.6 is 0 Å². The molecule has 0 aromatic carbocycles. The minimum Gasteiger partial charge on any atom is -0.393 e. The van der Waals surface area contributed by atoms with Crippen molar-refractivity contribution in [2.45, 2.75) is 110 Å². The molecule has 0 aliphatic heterocycles. The summed E-state index contributed by atoms with van der Waals surface area (Å²) in [5.41, 5.74) is 0.855. The molecule has 4 nitrogen and oxygen atoms in total. The van der Waals surface area contributed by atoms with Gasteiger partial charge in [0.25, 0.3) is 0 Å². The van der Waals surface area contributed by atoms with E-state index in [1.807, 2.05) is 19.1 Å². The first-order chi connectivity index (χ1) is 16.3. The average Bonchev–Trinajstić information content (AvgIpc) is 2.77. The van der Waals surface area contributed by atoms with Crippen LogP contribution in [-0.4, -0.2) is 27.2 Å². The number of hydrogen-bond acceptors (Lipinski definition) is 4. The van der Waals surface area contributed by atoms with Gasteiger partial charge in [-0.3, -0.25) is 0 Å². The molecular formula is C30H47N3O. The SMILES string of the molecule is C=C/C=c1/c(NC(CC)CCCCC)nc(C2(C(/C=C\C)=C/CC)CC(O)C2)n/c1=C/C(C)C. The molecule has 2 N–H and O–H groups in total. The predicted molar refractivity (Wildman–Crippen MR) is 147 cm³/mol. The molecule has 0 radical (unpaired) electrons. The number of rotatable bonds is 13. The number of aromatic nitrogens is 2. The minimum atomic E-state index is -0.353. The smallest absolute Gasteiger partial charge is 0.142 e. The quantitative estimate of drug-likeness (QED) is 0.279. The van der Waals surface area contributed by atoms with Crippen LogP contribution in [0.5, 0.6) is 0 Å². The Balaban J connectivity index is 2.74. The molecule has 1 atom stereocenters. The summed E-state index contributed by atoms with van der Waals surface area (Å²) in [4.78, 5) is 10.3. The first-order valence-electron chi connectivity index (χ1n) is 13.4. The molecule has 1 heterocycles. The molecule has 1 aliphatic carbocycles. The fourth-order valence-corrected chi connectivity index (χ4v) is 4.86. The fourth-order valence-electron chi connectivity index (χ4n) is 4.86. The van der Waals surface area contributed by atoms with Gasteiger partial charge in [0.05, 0.1) is 16.9 Å². The van der Waals surface area contributed by atoms with E-state index >= 15 is 0 Å². The molecule has 34 heavy (non-hydrogen) atoms. The predicted octanol–water partition coefficient (Wildman–Crippen LogP) is 5.96. The van der Waals surface area contributed by atoms with Crippen LogP contribution in [0.15, 0.2) is 36.5 Å². The summed E-state index contributed by atoms with van der Waals surface area (Å²) >= 11 is 0. The summed E-state index contributed by atoms with van der Waals surface area (Å²) in [5, 5.41) is 16.1. The topological polar surface area (TPSA) is 58.0 Å².